The molecule has 0 atom stereocenters. The number of sulfone groups is 1. The van der Waals surface area contributed by atoms with E-state index in [1.54, 1.807) is 39.0 Å². The van der Waals surface area contributed by atoms with Crippen molar-refractivity contribution in [2.45, 2.75) is 44.5 Å². The van der Waals surface area contributed by atoms with Crippen LogP contribution in [0.2, 0.25) is 0 Å². The molecule has 3 rings (SSSR count). The topological polar surface area (TPSA) is 98.8 Å². The molecule has 0 spiro atoms. The molecule has 1 N–H and O–H groups in total. The lowest BCUT2D eigenvalue weighted by atomic mass is 10.1. The van der Waals surface area contributed by atoms with Crippen LogP contribution in [-0.4, -0.2) is 26.1 Å². The number of carbonyl (C=O) groups is 2. The van der Waals surface area contributed by atoms with Gasteiger partial charge < -0.3 is 9.47 Å². The van der Waals surface area contributed by atoms with E-state index in [1.807, 2.05) is 30.3 Å². The third kappa shape index (κ3) is 6.68. The minimum absolute atomic E-state index is 0.00839. The number of benzene rings is 2. The molecule has 0 fully saturated rings. The van der Waals surface area contributed by atoms with E-state index in [0.717, 1.165) is 11.1 Å². The lowest BCUT2D eigenvalue weighted by Crippen LogP contribution is -2.34. The highest BCUT2D eigenvalue weighted by atomic mass is 32.2. The third-order valence-electron chi connectivity index (χ3n) is 4.36. The molecule has 1 amide bonds. The van der Waals surface area contributed by atoms with Crippen molar-refractivity contribution < 1.29 is 27.5 Å². The number of hydrogen-bond acceptors (Lipinski definition) is 6. The molecule has 1 heterocycles. The van der Waals surface area contributed by atoms with Gasteiger partial charge in [0, 0.05) is 0 Å². The monoisotopic (exact) mass is 443 g/mol. The molecule has 7 nitrogen and oxygen atoms in total. The molecule has 0 bridgehead atoms. The van der Waals surface area contributed by atoms with Crippen molar-refractivity contribution in [2.75, 3.05) is 0 Å². The minimum atomic E-state index is -3.15. The van der Waals surface area contributed by atoms with Crippen LogP contribution in [0.3, 0.4) is 0 Å². The van der Waals surface area contributed by atoms with Crippen LogP contribution in [0.4, 0.5) is 4.79 Å². The normalized spacial score (nSPS) is 15.1. The van der Waals surface area contributed by atoms with Crippen LogP contribution >= 0.6 is 0 Å². The first-order chi connectivity index (χ1) is 14.5. The van der Waals surface area contributed by atoms with E-state index in [2.05, 4.69) is 5.32 Å². The quantitative estimate of drug-likeness (QED) is 0.559. The molecule has 2 aromatic rings. The average Bonchev–Trinajstić information content (AvgIpc) is 2.98. The van der Waals surface area contributed by atoms with E-state index in [1.165, 1.54) is 6.08 Å². The van der Waals surface area contributed by atoms with Crippen molar-refractivity contribution in [1.82, 2.24) is 5.32 Å². The Kier molecular flexibility index (Phi) is 6.50. The van der Waals surface area contributed by atoms with E-state index in [9.17, 15) is 18.0 Å². The summed E-state index contributed by atoms with van der Waals surface area (Å²) in [7, 11) is -3.15. The smallest absolute Gasteiger partial charge is 0.412 e. The fraction of sp³-hybridized carbons (Fsp3) is 0.304. The number of rotatable bonds is 5. The zero-order chi connectivity index (χ0) is 22.6. The molecule has 1 aliphatic heterocycles. The summed E-state index contributed by atoms with van der Waals surface area (Å²) < 4.78 is 34.3. The molecular formula is C23H25NO6S. The van der Waals surface area contributed by atoms with Gasteiger partial charge in [0.05, 0.1) is 11.5 Å². The van der Waals surface area contributed by atoms with Crippen molar-refractivity contribution in [1.29, 1.82) is 0 Å². The van der Waals surface area contributed by atoms with E-state index in [-0.39, 0.29) is 23.8 Å². The van der Waals surface area contributed by atoms with Gasteiger partial charge in [-0.3, -0.25) is 5.32 Å². The lowest BCUT2D eigenvalue weighted by molar-refractivity contribution is -0.140. The van der Waals surface area contributed by atoms with Crippen LogP contribution in [0.5, 0.6) is 0 Å². The highest BCUT2D eigenvalue weighted by Gasteiger charge is 2.25. The van der Waals surface area contributed by atoms with Gasteiger partial charge in [-0.15, -0.1) is 0 Å². The summed E-state index contributed by atoms with van der Waals surface area (Å²) >= 11 is 0. The van der Waals surface area contributed by atoms with Gasteiger partial charge in [0.25, 0.3) is 0 Å². The summed E-state index contributed by atoms with van der Waals surface area (Å²) in [6, 6.07) is 14.3. The fourth-order valence-electron chi connectivity index (χ4n) is 3.06. The number of amides is 1. The van der Waals surface area contributed by atoms with Crippen LogP contribution in [-0.2, 0) is 42.2 Å². The summed E-state index contributed by atoms with van der Waals surface area (Å²) in [4.78, 5) is 25.0. The molecule has 0 radical (unpaired) electrons. The number of carbonyl (C=O) groups excluding carboxylic acids is 2. The average molecular weight is 444 g/mol. The number of alkyl carbamates (subject to hydrolysis) is 1. The second-order valence-corrected chi connectivity index (χ2v) is 10.4. The number of fused-ring (bicyclic) bond motifs is 1. The SMILES string of the molecule is CC(C)(C)OC(=O)N/C(=C/c1ccc2c(c1)CS(=O)(=O)C2)C(=O)OCc1ccccc1. The highest BCUT2D eigenvalue weighted by Crippen LogP contribution is 2.26. The summed E-state index contributed by atoms with van der Waals surface area (Å²) in [5.74, 6) is -0.769. The zero-order valence-corrected chi connectivity index (χ0v) is 18.5. The number of nitrogens with one attached hydrogen (secondary N) is 1. The van der Waals surface area contributed by atoms with Crippen molar-refractivity contribution >= 4 is 28.0 Å². The maximum absolute atomic E-state index is 12.7. The predicted octanol–water partition coefficient (Wildman–Crippen LogP) is 3.72. The van der Waals surface area contributed by atoms with Gasteiger partial charge in [0.2, 0.25) is 0 Å². The Morgan fingerprint density at radius 3 is 2.39 bits per heavy atom. The maximum Gasteiger partial charge on any atom is 0.412 e. The summed E-state index contributed by atoms with van der Waals surface area (Å²) in [6.07, 6.45) is 0.654. The van der Waals surface area contributed by atoms with Gasteiger partial charge in [-0.05, 0) is 49.1 Å². The Hall–Kier alpha value is -3.13. The molecule has 0 saturated carbocycles. The Balaban J connectivity index is 1.83. The molecule has 2 aromatic carbocycles. The van der Waals surface area contributed by atoms with E-state index in [0.29, 0.717) is 11.1 Å². The van der Waals surface area contributed by atoms with Gasteiger partial charge in [-0.2, -0.15) is 0 Å². The second-order valence-electron chi connectivity index (χ2n) is 8.31. The standard InChI is InChI=1S/C23H25NO6S/c1-23(2,3)30-22(26)24-20(21(25)29-13-16-7-5-4-6-8-16)12-17-9-10-18-14-31(27,28)15-19(18)11-17/h4-12H,13-15H2,1-3H3,(H,24,26)/b20-12+. The van der Waals surface area contributed by atoms with Gasteiger partial charge in [-0.25, -0.2) is 18.0 Å². The van der Waals surface area contributed by atoms with Gasteiger partial charge in [-0.1, -0.05) is 48.5 Å². The highest BCUT2D eigenvalue weighted by molar-refractivity contribution is 7.90. The molecule has 0 unspecified atom stereocenters. The van der Waals surface area contributed by atoms with Crippen LogP contribution in [0.15, 0.2) is 54.2 Å². The van der Waals surface area contributed by atoms with E-state index < -0.39 is 27.5 Å². The Morgan fingerprint density at radius 1 is 1.03 bits per heavy atom. The molecule has 31 heavy (non-hydrogen) atoms. The van der Waals surface area contributed by atoms with E-state index >= 15 is 0 Å². The first-order valence-electron chi connectivity index (χ1n) is 9.76. The first kappa shape index (κ1) is 22.6. The number of esters is 1. The van der Waals surface area contributed by atoms with E-state index in [4.69, 9.17) is 9.47 Å². The fourth-order valence-corrected chi connectivity index (χ4v) is 4.66. The Labute approximate surface area is 182 Å². The first-order valence-corrected chi connectivity index (χ1v) is 11.6. The molecule has 0 aliphatic carbocycles. The molecule has 8 heteroatoms. The molecule has 164 valence electrons. The van der Waals surface area contributed by atoms with Gasteiger partial charge >= 0.3 is 12.1 Å². The van der Waals surface area contributed by atoms with Crippen molar-refractivity contribution in [3.05, 3.63) is 76.5 Å². The van der Waals surface area contributed by atoms with Crippen molar-refractivity contribution in [3.8, 4) is 0 Å². The largest absolute Gasteiger partial charge is 0.456 e. The summed E-state index contributed by atoms with van der Waals surface area (Å²) in [5, 5.41) is 2.45. The lowest BCUT2D eigenvalue weighted by Gasteiger charge is -2.20. The van der Waals surface area contributed by atoms with Crippen LogP contribution in [0.1, 0.15) is 43.0 Å². The third-order valence-corrected chi connectivity index (χ3v) is 5.86. The van der Waals surface area contributed by atoms with Crippen LogP contribution in [0, 0.1) is 0 Å². The Morgan fingerprint density at radius 2 is 1.71 bits per heavy atom. The number of ether oxygens (including phenoxy) is 2. The molecule has 1 aliphatic rings. The minimum Gasteiger partial charge on any atom is -0.456 e. The second kappa shape index (κ2) is 8.93. The summed E-state index contributed by atoms with van der Waals surface area (Å²) in [5.41, 5.74) is 1.94. The number of hydrogen-bond donors (Lipinski definition) is 1. The molecule has 0 saturated heterocycles. The summed E-state index contributed by atoms with van der Waals surface area (Å²) in [6.45, 7) is 5.18. The van der Waals surface area contributed by atoms with Crippen molar-refractivity contribution in [2.24, 2.45) is 0 Å². The van der Waals surface area contributed by atoms with Crippen molar-refractivity contribution in [3.63, 3.8) is 0 Å². The maximum atomic E-state index is 12.7. The molecular weight excluding hydrogens is 418 g/mol. The van der Waals surface area contributed by atoms with Crippen LogP contribution < -0.4 is 5.32 Å². The van der Waals surface area contributed by atoms with Gasteiger partial charge in [0.1, 0.15) is 17.9 Å². The zero-order valence-electron chi connectivity index (χ0n) is 17.7. The predicted molar refractivity (Wildman–Crippen MR) is 116 cm³/mol. The molecule has 0 aromatic heterocycles. The van der Waals surface area contributed by atoms with Gasteiger partial charge in [0.15, 0.2) is 9.84 Å². The van der Waals surface area contributed by atoms with Crippen LogP contribution in [0.25, 0.3) is 6.08 Å². The Bertz CT molecular complexity index is 1110.